The van der Waals surface area contributed by atoms with E-state index >= 15 is 0 Å². The van der Waals surface area contributed by atoms with E-state index < -0.39 is 5.54 Å². The van der Waals surface area contributed by atoms with E-state index in [1.165, 1.54) is 5.56 Å². The summed E-state index contributed by atoms with van der Waals surface area (Å²) in [5.41, 5.74) is 7.82. The number of rotatable bonds is 5. The number of nitrogens with one attached hydrogen (secondary N) is 1. The number of hydrogen-bond acceptors (Lipinski definition) is 4. The Morgan fingerprint density at radius 3 is 2.54 bits per heavy atom. The smallest absolute Gasteiger partial charge is 0.244 e. The zero-order valence-corrected chi connectivity index (χ0v) is 15.8. The number of fused-ring (bicyclic) bond motifs is 1. The SMILES string of the molecule is CCC(C)(N)C(=O)Nc1ccc(Oc2ccc3c(c2)C(C)(C)OC3)cc1. The van der Waals surface area contributed by atoms with Gasteiger partial charge in [0, 0.05) is 5.69 Å². The summed E-state index contributed by atoms with van der Waals surface area (Å²) in [4.78, 5) is 12.1. The highest BCUT2D eigenvalue weighted by molar-refractivity contribution is 5.97. The van der Waals surface area contributed by atoms with Crippen LogP contribution < -0.4 is 15.8 Å². The maximum Gasteiger partial charge on any atom is 0.244 e. The lowest BCUT2D eigenvalue weighted by Crippen LogP contribution is -2.47. The molecular weight excluding hydrogens is 328 g/mol. The number of nitrogens with two attached hydrogens (primary N) is 1. The molecule has 138 valence electrons. The molecule has 3 rings (SSSR count). The minimum Gasteiger partial charge on any atom is -0.457 e. The topological polar surface area (TPSA) is 73.6 Å². The van der Waals surface area contributed by atoms with Crippen molar-refractivity contribution in [1.82, 2.24) is 0 Å². The summed E-state index contributed by atoms with van der Waals surface area (Å²) in [6, 6.07) is 13.3. The molecule has 0 spiro atoms. The van der Waals surface area contributed by atoms with Crippen molar-refractivity contribution in [2.75, 3.05) is 5.32 Å². The molecule has 1 atom stereocenters. The molecule has 1 aliphatic rings. The Morgan fingerprint density at radius 2 is 1.88 bits per heavy atom. The van der Waals surface area contributed by atoms with Gasteiger partial charge in [-0.1, -0.05) is 13.0 Å². The van der Waals surface area contributed by atoms with Crippen molar-refractivity contribution < 1.29 is 14.3 Å². The highest BCUT2D eigenvalue weighted by Gasteiger charge is 2.31. The van der Waals surface area contributed by atoms with Gasteiger partial charge >= 0.3 is 0 Å². The van der Waals surface area contributed by atoms with Gasteiger partial charge in [-0.25, -0.2) is 0 Å². The first-order valence-electron chi connectivity index (χ1n) is 8.87. The predicted molar refractivity (Wildman–Crippen MR) is 102 cm³/mol. The molecule has 26 heavy (non-hydrogen) atoms. The zero-order chi connectivity index (χ0) is 18.9. The van der Waals surface area contributed by atoms with Gasteiger partial charge in [0.15, 0.2) is 0 Å². The molecule has 0 saturated carbocycles. The number of anilines is 1. The second-order valence-corrected chi connectivity index (χ2v) is 7.47. The van der Waals surface area contributed by atoms with Crippen LogP contribution in [-0.4, -0.2) is 11.4 Å². The molecule has 0 bridgehead atoms. The lowest BCUT2D eigenvalue weighted by Gasteiger charge is -2.21. The molecule has 1 aliphatic heterocycles. The van der Waals surface area contributed by atoms with E-state index in [-0.39, 0.29) is 11.5 Å². The van der Waals surface area contributed by atoms with Crippen molar-refractivity contribution in [3.8, 4) is 11.5 Å². The van der Waals surface area contributed by atoms with Crippen LogP contribution >= 0.6 is 0 Å². The quantitative estimate of drug-likeness (QED) is 0.839. The molecule has 1 unspecified atom stereocenters. The van der Waals surface area contributed by atoms with Gasteiger partial charge in [-0.15, -0.1) is 0 Å². The van der Waals surface area contributed by atoms with E-state index in [4.69, 9.17) is 15.2 Å². The van der Waals surface area contributed by atoms with Crippen molar-refractivity contribution in [2.45, 2.75) is 51.9 Å². The minimum absolute atomic E-state index is 0.200. The van der Waals surface area contributed by atoms with E-state index in [2.05, 4.69) is 19.2 Å². The van der Waals surface area contributed by atoms with Gasteiger partial charge in [-0.05, 0) is 74.7 Å². The van der Waals surface area contributed by atoms with Crippen molar-refractivity contribution >= 4 is 11.6 Å². The van der Waals surface area contributed by atoms with Crippen molar-refractivity contribution in [1.29, 1.82) is 0 Å². The average molecular weight is 354 g/mol. The molecule has 2 aromatic carbocycles. The Bertz CT molecular complexity index is 811. The van der Waals surface area contributed by atoms with E-state index in [0.29, 0.717) is 24.5 Å². The van der Waals surface area contributed by atoms with Gasteiger partial charge in [0.05, 0.1) is 17.7 Å². The number of ether oxygens (including phenoxy) is 2. The fraction of sp³-hybridized carbons (Fsp3) is 0.381. The second-order valence-electron chi connectivity index (χ2n) is 7.47. The molecule has 1 amide bonds. The first-order chi connectivity index (χ1) is 12.2. The Balaban J connectivity index is 1.70. The zero-order valence-electron chi connectivity index (χ0n) is 15.8. The number of carbonyl (C=O) groups is 1. The summed E-state index contributed by atoms with van der Waals surface area (Å²) in [5.74, 6) is 1.26. The van der Waals surface area contributed by atoms with Crippen molar-refractivity contribution in [2.24, 2.45) is 5.73 Å². The van der Waals surface area contributed by atoms with Crippen LogP contribution in [0, 0.1) is 0 Å². The third-order valence-electron chi connectivity index (χ3n) is 4.92. The molecule has 3 N–H and O–H groups in total. The molecule has 5 heteroatoms. The van der Waals surface area contributed by atoms with Crippen molar-refractivity contribution in [3.63, 3.8) is 0 Å². The van der Waals surface area contributed by atoms with Crippen molar-refractivity contribution in [3.05, 3.63) is 53.6 Å². The molecule has 5 nitrogen and oxygen atoms in total. The normalized spacial score (nSPS) is 17.3. The van der Waals surface area contributed by atoms with Crippen LogP contribution in [0.4, 0.5) is 5.69 Å². The Kier molecular flexibility index (Phi) is 4.78. The number of hydrogen-bond donors (Lipinski definition) is 2. The van der Waals surface area contributed by atoms with Crippen LogP contribution in [0.25, 0.3) is 0 Å². The minimum atomic E-state index is -0.880. The summed E-state index contributed by atoms with van der Waals surface area (Å²) in [7, 11) is 0. The third kappa shape index (κ3) is 3.74. The molecule has 0 radical (unpaired) electrons. The van der Waals surface area contributed by atoms with Crippen LogP contribution in [0.2, 0.25) is 0 Å². The Morgan fingerprint density at radius 1 is 1.23 bits per heavy atom. The molecule has 0 aromatic heterocycles. The van der Waals surface area contributed by atoms with E-state index in [0.717, 1.165) is 11.3 Å². The Labute approximate surface area is 154 Å². The predicted octanol–water partition coefficient (Wildman–Crippen LogP) is 4.31. The number of carbonyl (C=O) groups excluding carboxylic acids is 1. The number of benzene rings is 2. The molecular formula is C21H26N2O3. The maximum absolute atomic E-state index is 12.1. The number of amides is 1. The van der Waals surface area contributed by atoms with Gasteiger partial charge in [0.25, 0.3) is 0 Å². The van der Waals surface area contributed by atoms with Crippen LogP contribution in [0.5, 0.6) is 11.5 Å². The average Bonchev–Trinajstić information content (AvgIpc) is 2.91. The lowest BCUT2D eigenvalue weighted by atomic mass is 9.96. The van der Waals surface area contributed by atoms with Gasteiger partial charge in [-0.2, -0.15) is 0 Å². The fourth-order valence-electron chi connectivity index (χ4n) is 2.82. The van der Waals surface area contributed by atoms with E-state index in [1.807, 2.05) is 37.3 Å². The molecule has 0 aliphatic carbocycles. The standard InChI is InChI=1S/C21H26N2O3/c1-5-21(4,22)19(24)23-15-7-10-16(11-8-15)26-17-9-6-14-13-25-20(2,3)18(14)12-17/h6-12H,5,13,22H2,1-4H3,(H,23,24). The molecule has 1 heterocycles. The largest absolute Gasteiger partial charge is 0.457 e. The van der Waals surface area contributed by atoms with E-state index in [1.54, 1.807) is 19.1 Å². The summed E-state index contributed by atoms with van der Waals surface area (Å²) in [5, 5.41) is 2.83. The van der Waals surface area contributed by atoms with Gasteiger partial charge in [-0.3, -0.25) is 4.79 Å². The summed E-state index contributed by atoms with van der Waals surface area (Å²) in [6.07, 6.45) is 0.568. The van der Waals surface area contributed by atoms with Crippen LogP contribution in [0.1, 0.15) is 45.2 Å². The fourth-order valence-corrected chi connectivity index (χ4v) is 2.82. The van der Waals surface area contributed by atoms with Crippen LogP contribution in [-0.2, 0) is 21.7 Å². The van der Waals surface area contributed by atoms with Gasteiger partial charge in [0.2, 0.25) is 5.91 Å². The maximum atomic E-state index is 12.1. The Hall–Kier alpha value is -2.37. The highest BCUT2D eigenvalue weighted by Crippen LogP contribution is 2.38. The van der Waals surface area contributed by atoms with Gasteiger partial charge in [0.1, 0.15) is 11.5 Å². The monoisotopic (exact) mass is 354 g/mol. The van der Waals surface area contributed by atoms with Crippen LogP contribution in [0.15, 0.2) is 42.5 Å². The van der Waals surface area contributed by atoms with Gasteiger partial charge < -0.3 is 20.5 Å². The summed E-state index contributed by atoms with van der Waals surface area (Å²) in [6.45, 7) is 8.36. The molecule has 0 saturated heterocycles. The second kappa shape index (κ2) is 6.74. The molecule has 0 fully saturated rings. The first kappa shape index (κ1) is 18.4. The lowest BCUT2D eigenvalue weighted by molar-refractivity contribution is -0.120. The van der Waals surface area contributed by atoms with Crippen LogP contribution in [0.3, 0.4) is 0 Å². The first-order valence-corrected chi connectivity index (χ1v) is 8.87. The van der Waals surface area contributed by atoms with E-state index in [9.17, 15) is 4.79 Å². The highest BCUT2D eigenvalue weighted by atomic mass is 16.5. The summed E-state index contributed by atoms with van der Waals surface area (Å²) >= 11 is 0. The summed E-state index contributed by atoms with van der Waals surface area (Å²) < 4.78 is 11.8. The third-order valence-corrected chi connectivity index (χ3v) is 4.92. The molecule has 2 aromatic rings.